The Hall–Kier alpha value is -1.85. The van der Waals surface area contributed by atoms with E-state index in [0.717, 1.165) is 0 Å². The van der Waals surface area contributed by atoms with E-state index in [1.165, 1.54) is 10.8 Å². The molecular formula is C7H8N4O2. The molecule has 0 unspecified atom stereocenters. The molecule has 6 nitrogen and oxygen atoms in total. The molecule has 13 heavy (non-hydrogen) atoms. The van der Waals surface area contributed by atoms with Crippen molar-refractivity contribution in [2.75, 3.05) is 6.54 Å². The van der Waals surface area contributed by atoms with Gasteiger partial charge in [-0.25, -0.2) is 4.98 Å². The van der Waals surface area contributed by atoms with Gasteiger partial charge in [0.2, 0.25) is 0 Å². The van der Waals surface area contributed by atoms with E-state index >= 15 is 0 Å². The van der Waals surface area contributed by atoms with Crippen LogP contribution in [0.2, 0.25) is 0 Å². The van der Waals surface area contributed by atoms with Gasteiger partial charge in [-0.15, -0.1) is 0 Å². The minimum absolute atomic E-state index is 0.143. The smallest absolute Gasteiger partial charge is 0.284 e. The van der Waals surface area contributed by atoms with Gasteiger partial charge >= 0.3 is 0 Å². The van der Waals surface area contributed by atoms with Crippen molar-refractivity contribution in [3.63, 3.8) is 0 Å². The second-order valence-corrected chi connectivity index (χ2v) is 2.74. The predicted molar refractivity (Wildman–Crippen MR) is 43.1 cm³/mol. The molecule has 0 aromatic carbocycles. The Kier molecular flexibility index (Phi) is 1.54. The summed E-state index contributed by atoms with van der Waals surface area (Å²) >= 11 is 0. The van der Waals surface area contributed by atoms with Crippen LogP contribution >= 0.6 is 0 Å². The lowest BCUT2D eigenvalue weighted by atomic mass is 10.3. The van der Waals surface area contributed by atoms with E-state index < -0.39 is 5.91 Å². The van der Waals surface area contributed by atoms with Gasteiger partial charge in [-0.2, -0.15) is 0 Å². The summed E-state index contributed by atoms with van der Waals surface area (Å²) in [5, 5.41) is 2.64. The Labute approximate surface area is 73.7 Å². The maximum Gasteiger partial charge on any atom is 0.284 e. The van der Waals surface area contributed by atoms with E-state index in [1.54, 1.807) is 0 Å². The zero-order valence-electron chi connectivity index (χ0n) is 6.78. The van der Waals surface area contributed by atoms with Crippen molar-refractivity contribution in [2.24, 2.45) is 5.73 Å². The molecule has 1 aromatic rings. The van der Waals surface area contributed by atoms with Crippen LogP contribution in [0.5, 0.6) is 0 Å². The minimum Gasteiger partial charge on any atom is -0.363 e. The molecule has 0 atom stereocenters. The van der Waals surface area contributed by atoms with Crippen LogP contribution in [-0.4, -0.2) is 27.9 Å². The molecule has 2 rings (SSSR count). The fourth-order valence-corrected chi connectivity index (χ4v) is 1.35. The molecule has 3 N–H and O–H groups in total. The molecule has 0 saturated carbocycles. The van der Waals surface area contributed by atoms with Crippen molar-refractivity contribution in [1.29, 1.82) is 0 Å². The summed E-state index contributed by atoms with van der Waals surface area (Å²) in [6.45, 7) is 1.04. The number of rotatable bonds is 1. The van der Waals surface area contributed by atoms with Crippen LogP contribution in [0, 0.1) is 0 Å². The lowest BCUT2D eigenvalue weighted by molar-refractivity contribution is 0.0925. The Morgan fingerprint density at radius 3 is 3.15 bits per heavy atom. The molecule has 0 spiro atoms. The van der Waals surface area contributed by atoms with Crippen molar-refractivity contribution in [1.82, 2.24) is 14.9 Å². The molecule has 1 aromatic heterocycles. The van der Waals surface area contributed by atoms with E-state index in [9.17, 15) is 9.59 Å². The average Bonchev–Trinajstić information content (AvgIpc) is 2.48. The van der Waals surface area contributed by atoms with Crippen molar-refractivity contribution in [3.05, 3.63) is 17.7 Å². The fraction of sp³-hybridized carbons (Fsp3) is 0.286. The number of amides is 2. The number of hydrogen-bond acceptors (Lipinski definition) is 3. The van der Waals surface area contributed by atoms with Gasteiger partial charge in [-0.3, -0.25) is 9.59 Å². The van der Waals surface area contributed by atoms with E-state index in [2.05, 4.69) is 10.3 Å². The van der Waals surface area contributed by atoms with Crippen LogP contribution in [0.25, 0.3) is 0 Å². The van der Waals surface area contributed by atoms with Crippen LogP contribution < -0.4 is 11.1 Å². The number of nitrogens with zero attached hydrogens (tertiary/aromatic N) is 2. The number of carbonyl (C=O) groups is 2. The number of primary amides is 1. The van der Waals surface area contributed by atoms with E-state index in [1.807, 2.05) is 0 Å². The van der Waals surface area contributed by atoms with Crippen molar-refractivity contribution in [3.8, 4) is 0 Å². The van der Waals surface area contributed by atoms with Crippen LogP contribution in [0.1, 0.15) is 21.1 Å². The first-order valence-corrected chi connectivity index (χ1v) is 3.83. The molecular weight excluding hydrogens is 172 g/mol. The molecule has 1 aliphatic rings. The van der Waals surface area contributed by atoms with Gasteiger partial charge in [0.1, 0.15) is 5.69 Å². The van der Waals surface area contributed by atoms with E-state index in [4.69, 9.17) is 5.73 Å². The number of carbonyl (C=O) groups excluding carboxylic acids is 2. The van der Waals surface area contributed by atoms with Crippen molar-refractivity contribution in [2.45, 2.75) is 6.54 Å². The van der Waals surface area contributed by atoms with Gasteiger partial charge in [0.25, 0.3) is 11.8 Å². The molecule has 68 valence electrons. The Morgan fingerprint density at radius 1 is 1.69 bits per heavy atom. The Morgan fingerprint density at radius 2 is 2.46 bits per heavy atom. The third kappa shape index (κ3) is 1.07. The first-order chi connectivity index (χ1) is 6.20. The number of fused-ring (bicyclic) bond motifs is 1. The fourth-order valence-electron chi connectivity index (χ4n) is 1.35. The lowest BCUT2D eigenvalue weighted by Gasteiger charge is -2.15. The minimum atomic E-state index is -0.610. The van der Waals surface area contributed by atoms with Gasteiger partial charge in [-0.1, -0.05) is 0 Å². The largest absolute Gasteiger partial charge is 0.363 e. The predicted octanol–water partition coefficient (Wildman–Crippen LogP) is -1.27. The monoisotopic (exact) mass is 180 g/mol. The highest BCUT2D eigenvalue weighted by Gasteiger charge is 2.22. The van der Waals surface area contributed by atoms with Gasteiger partial charge < -0.3 is 15.6 Å². The number of nitrogens with two attached hydrogens (primary N) is 1. The maximum absolute atomic E-state index is 11.2. The summed E-state index contributed by atoms with van der Waals surface area (Å²) in [4.78, 5) is 25.8. The van der Waals surface area contributed by atoms with Crippen LogP contribution in [0.4, 0.5) is 0 Å². The van der Waals surface area contributed by atoms with Crippen molar-refractivity contribution >= 4 is 11.8 Å². The number of aromatic nitrogens is 2. The highest BCUT2D eigenvalue weighted by Crippen LogP contribution is 2.07. The van der Waals surface area contributed by atoms with Gasteiger partial charge in [0, 0.05) is 13.1 Å². The third-order valence-corrected chi connectivity index (χ3v) is 1.93. The topological polar surface area (TPSA) is 90.0 Å². The van der Waals surface area contributed by atoms with Gasteiger partial charge in [-0.05, 0) is 0 Å². The normalized spacial score (nSPS) is 14.9. The quantitative estimate of drug-likeness (QED) is 0.564. The molecule has 2 heterocycles. The Bertz CT molecular complexity index is 368. The zero-order chi connectivity index (χ0) is 9.42. The second-order valence-electron chi connectivity index (χ2n) is 2.74. The van der Waals surface area contributed by atoms with E-state index in [-0.39, 0.29) is 11.7 Å². The standard InChI is InChI=1S/C7H8N4O2/c8-5(12)6-10-3-4-7(13)9-1-2-11(4)6/h3H,1-2H2,(H2,8,12)(H,9,13). The Balaban J connectivity index is 2.53. The molecule has 0 aliphatic carbocycles. The molecule has 6 heteroatoms. The SMILES string of the molecule is NC(=O)c1ncc2n1CCNC2=O. The van der Waals surface area contributed by atoms with E-state index in [0.29, 0.717) is 18.8 Å². The number of hydrogen-bond donors (Lipinski definition) is 2. The highest BCUT2D eigenvalue weighted by molar-refractivity contribution is 5.96. The molecule has 0 saturated heterocycles. The zero-order valence-corrected chi connectivity index (χ0v) is 6.78. The molecule has 1 aliphatic heterocycles. The highest BCUT2D eigenvalue weighted by atomic mass is 16.2. The second kappa shape index (κ2) is 2.58. The summed E-state index contributed by atoms with van der Waals surface area (Å²) in [5.41, 5.74) is 5.46. The number of nitrogens with one attached hydrogen (secondary N) is 1. The lowest BCUT2D eigenvalue weighted by Crippen LogP contribution is -2.36. The van der Waals surface area contributed by atoms with Gasteiger partial charge in [0.05, 0.1) is 6.20 Å². The summed E-state index contributed by atoms with van der Waals surface area (Å²) in [6, 6.07) is 0. The summed E-state index contributed by atoms with van der Waals surface area (Å²) in [7, 11) is 0. The summed E-state index contributed by atoms with van der Waals surface area (Å²) < 4.78 is 1.53. The van der Waals surface area contributed by atoms with Crippen LogP contribution in [0.15, 0.2) is 6.20 Å². The van der Waals surface area contributed by atoms with Crippen LogP contribution in [-0.2, 0) is 6.54 Å². The summed E-state index contributed by atoms with van der Waals surface area (Å²) in [5.74, 6) is -0.683. The molecule has 0 radical (unpaired) electrons. The summed E-state index contributed by atoms with van der Waals surface area (Å²) in [6.07, 6.45) is 1.36. The first kappa shape index (κ1) is 7.78. The average molecular weight is 180 g/mol. The van der Waals surface area contributed by atoms with Crippen molar-refractivity contribution < 1.29 is 9.59 Å². The maximum atomic E-state index is 11.2. The molecule has 2 amide bonds. The first-order valence-electron chi connectivity index (χ1n) is 3.83. The number of imidazole rings is 1. The van der Waals surface area contributed by atoms with Crippen LogP contribution in [0.3, 0.4) is 0 Å². The third-order valence-electron chi connectivity index (χ3n) is 1.93. The van der Waals surface area contributed by atoms with Gasteiger partial charge in [0.15, 0.2) is 5.82 Å². The molecule has 0 bridgehead atoms. The molecule has 0 fully saturated rings.